The standard InChI is InChI=1S/C11H19BrN2O/c1-3-5-6-7-10(15)11-9(12)8-13-14(11)4-2/h8,10,15H,3-7H2,1-2H3. The molecule has 1 rings (SSSR count). The molecular weight excluding hydrogens is 256 g/mol. The zero-order valence-corrected chi connectivity index (χ0v) is 11.0. The van der Waals surface area contributed by atoms with E-state index in [0.29, 0.717) is 0 Å². The number of aliphatic hydroxyl groups excluding tert-OH is 1. The lowest BCUT2D eigenvalue weighted by Gasteiger charge is -2.12. The van der Waals surface area contributed by atoms with E-state index in [-0.39, 0.29) is 0 Å². The summed E-state index contributed by atoms with van der Waals surface area (Å²) < 4.78 is 2.76. The fraction of sp³-hybridized carbons (Fsp3) is 0.727. The summed E-state index contributed by atoms with van der Waals surface area (Å²) in [5.74, 6) is 0. The fourth-order valence-electron chi connectivity index (χ4n) is 1.68. The maximum absolute atomic E-state index is 10.0. The molecule has 0 spiro atoms. The van der Waals surface area contributed by atoms with E-state index in [1.54, 1.807) is 6.20 Å². The van der Waals surface area contributed by atoms with E-state index in [0.717, 1.165) is 29.6 Å². The Labute approximate surface area is 99.6 Å². The number of halogens is 1. The zero-order chi connectivity index (χ0) is 11.3. The predicted octanol–water partition coefficient (Wildman–Crippen LogP) is 3.28. The van der Waals surface area contributed by atoms with Gasteiger partial charge in [0.25, 0.3) is 0 Å². The average Bonchev–Trinajstić information content (AvgIpc) is 2.59. The zero-order valence-electron chi connectivity index (χ0n) is 9.41. The molecule has 1 aromatic rings. The number of rotatable bonds is 6. The summed E-state index contributed by atoms with van der Waals surface area (Å²) in [4.78, 5) is 0. The third kappa shape index (κ3) is 3.31. The molecule has 0 aliphatic heterocycles. The smallest absolute Gasteiger partial charge is 0.0968 e. The summed E-state index contributed by atoms with van der Waals surface area (Å²) >= 11 is 3.42. The van der Waals surface area contributed by atoms with Gasteiger partial charge in [-0.3, -0.25) is 4.68 Å². The molecule has 0 aliphatic carbocycles. The van der Waals surface area contributed by atoms with E-state index < -0.39 is 6.10 Å². The van der Waals surface area contributed by atoms with Gasteiger partial charge in [-0.2, -0.15) is 5.10 Å². The molecule has 1 aromatic heterocycles. The molecule has 1 atom stereocenters. The molecule has 1 N–H and O–H groups in total. The first-order valence-corrected chi connectivity index (χ1v) is 6.39. The summed E-state index contributed by atoms with van der Waals surface area (Å²) in [7, 11) is 0. The molecule has 0 bridgehead atoms. The minimum atomic E-state index is -0.395. The number of unbranched alkanes of at least 4 members (excludes halogenated alkanes) is 2. The van der Waals surface area contributed by atoms with Crippen molar-refractivity contribution in [3.05, 3.63) is 16.4 Å². The summed E-state index contributed by atoms with van der Waals surface area (Å²) in [6, 6.07) is 0. The van der Waals surface area contributed by atoms with Gasteiger partial charge >= 0.3 is 0 Å². The molecule has 15 heavy (non-hydrogen) atoms. The lowest BCUT2D eigenvalue weighted by atomic mass is 10.1. The number of aryl methyl sites for hydroxylation is 1. The van der Waals surface area contributed by atoms with Crippen molar-refractivity contribution in [1.82, 2.24) is 9.78 Å². The molecule has 0 fully saturated rings. The van der Waals surface area contributed by atoms with Gasteiger partial charge in [-0.05, 0) is 29.3 Å². The Balaban J connectivity index is 2.63. The first-order valence-electron chi connectivity index (χ1n) is 5.60. The Bertz CT molecular complexity index is 299. The third-order valence-corrected chi connectivity index (χ3v) is 3.14. The van der Waals surface area contributed by atoms with Gasteiger partial charge in [-0.15, -0.1) is 0 Å². The first-order chi connectivity index (χ1) is 7.20. The van der Waals surface area contributed by atoms with Crippen LogP contribution in [0.3, 0.4) is 0 Å². The van der Waals surface area contributed by atoms with Gasteiger partial charge in [0.05, 0.1) is 22.5 Å². The summed E-state index contributed by atoms with van der Waals surface area (Å²) in [5.41, 5.74) is 0.911. The van der Waals surface area contributed by atoms with Gasteiger partial charge in [0.1, 0.15) is 0 Å². The molecule has 86 valence electrons. The van der Waals surface area contributed by atoms with E-state index >= 15 is 0 Å². The van der Waals surface area contributed by atoms with Gasteiger partial charge in [-0.25, -0.2) is 0 Å². The number of hydrogen-bond acceptors (Lipinski definition) is 2. The van der Waals surface area contributed by atoms with Crippen molar-refractivity contribution < 1.29 is 5.11 Å². The van der Waals surface area contributed by atoms with Crippen LogP contribution in [0.5, 0.6) is 0 Å². The summed E-state index contributed by atoms with van der Waals surface area (Å²) in [6.45, 7) is 4.99. The van der Waals surface area contributed by atoms with Crippen LogP contribution in [0, 0.1) is 0 Å². The highest BCUT2D eigenvalue weighted by Gasteiger charge is 2.16. The van der Waals surface area contributed by atoms with Crippen molar-refractivity contribution in [2.24, 2.45) is 0 Å². The highest BCUT2D eigenvalue weighted by molar-refractivity contribution is 9.10. The van der Waals surface area contributed by atoms with Crippen LogP contribution in [0.4, 0.5) is 0 Å². The molecule has 1 heterocycles. The molecule has 4 heteroatoms. The van der Waals surface area contributed by atoms with Crippen LogP contribution in [0.15, 0.2) is 10.7 Å². The monoisotopic (exact) mass is 274 g/mol. The van der Waals surface area contributed by atoms with Gasteiger partial charge in [0.15, 0.2) is 0 Å². The molecule has 0 saturated carbocycles. The van der Waals surface area contributed by atoms with Crippen molar-refractivity contribution in [3.63, 3.8) is 0 Å². The topological polar surface area (TPSA) is 38.1 Å². The SMILES string of the molecule is CCCCCC(O)c1c(Br)cnn1CC. The largest absolute Gasteiger partial charge is 0.387 e. The van der Waals surface area contributed by atoms with Crippen molar-refractivity contribution in [1.29, 1.82) is 0 Å². The maximum Gasteiger partial charge on any atom is 0.0968 e. The van der Waals surface area contributed by atoms with Crippen molar-refractivity contribution >= 4 is 15.9 Å². The van der Waals surface area contributed by atoms with Gasteiger partial charge in [-0.1, -0.05) is 26.2 Å². The Kier molecular flexibility index (Phi) is 5.32. The van der Waals surface area contributed by atoms with Crippen LogP contribution < -0.4 is 0 Å². The normalized spacial score (nSPS) is 13.1. The molecule has 0 aliphatic rings. The molecule has 0 aromatic carbocycles. The molecule has 0 saturated heterocycles. The average molecular weight is 275 g/mol. The molecule has 3 nitrogen and oxygen atoms in total. The highest BCUT2D eigenvalue weighted by Crippen LogP contribution is 2.26. The van der Waals surface area contributed by atoms with Crippen LogP contribution in [-0.2, 0) is 6.54 Å². The maximum atomic E-state index is 10.0. The molecule has 1 unspecified atom stereocenters. The number of aromatic nitrogens is 2. The van der Waals surface area contributed by atoms with E-state index in [4.69, 9.17) is 0 Å². The predicted molar refractivity (Wildman–Crippen MR) is 64.7 cm³/mol. The second-order valence-corrected chi connectivity index (χ2v) is 4.56. The van der Waals surface area contributed by atoms with Crippen LogP contribution >= 0.6 is 15.9 Å². The van der Waals surface area contributed by atoms with E-state index in [1.807, 2.05) is 11.6 Å². The Morgan fingerprint density at radius 2 is 2.20 bits per heavy atom. The highest BCUT2D eigenvalue weighted by atomic mass is 79.9. The second-order valence-electron chi connectivity index (χ2n) is 3.71. The van der Waals surface area contributed by atoms with Gasteiger partial charge in [0.2, 0.25) is 0 Å². The third-order valence-electron chi connectivity index (χ3n) is 2.53. The van der Waals surface area contributed by atoms with E-state index in [2.05, 4.69) is 28.0 Å². The van der Waals surface area contributed by atoms with E-state index in [1.165, 1.54) is 12.8 Å². The summed E-state index contributed by atoms with van der Waals surface area (Å²) in [6.07, 6.45) is 5.60. The van der Waals surface area contributed by atoms with E-state index in [9.17, 15) is 5.11 Å². The molecule has 0 radical (unpaired) electrons. The van der Waals surface area contributed by atoms with Gasteiger partial charge in [0, 0.05) is 6.54 Å². The number of aliphatic hydroxyl groups is 1. The molecule has 0 amide bonds. The Morgan fingerprint density at radius 1 is 1.47 bits per heavy atom. The molecular formula is C11H19BrN2O. The first kappa shape index (κ1) is 12.7. The quantitative estimate of drug-likeness (QED) is 0.809. The fourth-order valence-corrected chi connectivity index (χ4v) is 2.24. The second kappa shape index (κ2) is 6.28. The lowest BCUT2D eigenvalue weighted by Crippen LogP contribution is -2.08. The Morgan fingerprint density at radius 3 is 2.80 bits per heavy atom. The van der Waals surface area contributed by atoms with Crippen LogP contribution in [0.1, 0.15) is 51.3 Å². The van der Waals surface area contributed by atoms with Crippen LogP contribution in [-0.4, -0.2) is 14.9 Å². The van der Waals surface area contributed by atoms with Crippen LogP contribution in [0.2, 0.25) is 0 Å². The van der Waals surface area contributed by atoms with Crippen molar-refractivity contribution in [2.75, 3.05) is 0 Å². The number of nitrogens with zero attached hydrogens (tertiary/aromatic N) is 2. The van der Waals surface area contributed by atoms with Crippen molar-refractivity contribution in [2.45, 2.75) is 52.2 Å². The summed E-state index contributed by atoms with van der Waals surface area (Å²) in [5, 5.41) is 14.2. The lowest BCUT2D eigenvalue weighted by molar-refractivity contribution is 0.152. The van der Waals surface area contributed by atoms with Crippen molar-refractivity contribution in [3.8, 4) is 0 Å². The van der Waals surface area contributed by atoms with Crippen LogP contribution in [0.25, 0.3) is 0 Å². The minimum absolute atomic E-state index is 0.395. The minimum Gasteiger partial charge on any atom is -0.387 e. The van der Waals surface area contributed by atoms with Gasteiger partial charge < -0.3 is 5.11 Å². The number of hydrogen-bond donors (Lipinski definition) is 1. The Hall–Kier alpha value is -0.350.